The van der Waals surface area contributed by atoms with Crippen LogP contribution in [0.2, 0.25) is 0 Å². The summed E-state index contributed by atoms with van der Waals surface area (Å²) in [6.45, 7) is 1.42. The van der Waals surface area contributed by atoms with E-state index in [2.05, 4.69) is 17.9 Å². The lowest BCUT2D eigenvalue weighted by Crippen LogP contribution is -2.44. The molecule has 0 aromatic heterocycles. The van der Waals surface area contributed by atoms with Crippen LogP contribution in [0.3, 0.4) is 0 Å². The van der Waals surface area contributed by atoms with Crippen LogP contribution in [0.4, 0.5) is 0 Å². The summed E-state index contributed by atoms with van der Waals surface area (Å²) < 4.78 is 0. The second-order valence-electron chi connectivity index (χ2n) is 3.08. The van der Waals surface area contributed by atoms with Gasteiger partial charge in [-0.25, -0.2) is 4.79 Å². The Morgan fingerprint density at radius 3 is 2.20 bits per heavy atom. The van der Waals surface area contributed by atoms with E-state index in [9.17, 15) is 14.4 Å². The highest BCUT2D eigenvalue weighted by atomic mass is 32.1. The van der Waals surface area contributed by atoms with Crippen molar-refractivity contribution in [2.24, 2.45) is 5.92 Å². The first-order valence-electron chi connectivity index (χ1n) is 4.24. The molecule has 0 aromatic rings. The van der Waals surface area contributed by atoms with Crippen LogP contribution in [0.5, 0.6) is 0 Å². The fraction of sp³-hybridized carbons (Fsp3) is 0.625. The average Bonchev–Trinajstić information content (AvgIpc) is 2.11. The minimum atomic E-state index is -1.19. The van der Waals surface area contributed by atoms with Crippen LogP contribution in [0.25, 0.3) is 0 Å². The fourth-order valence-corrected chi connectivity index (χ4v) is 1.10. The number of aliphatic carboxylic acids is 2. The van der Waals surface area contributed by atoms with Crippen LogP contribution in [0.1, 0.15) is 13.3 Å². The smallest absolute Gasteiger partial charge is 0.327 e. The van der Waals surface area contributed by atoms with Crippen LogP contribution < -0.4 is 5.32 Å². The zero-order chi connectivity index (χ0) is 12.0. The lowest BCUT2D eigenvalue weighted by molar-refractivity contribution is -0.143. The van der Waals surface area contributed by atoms with Crippen molar-refractivity contribution in [3.05, 3.63) is 0 Å². The molecule has 86 valence electrons. The first-order chi connectivity index (χ1) is 6.88. The summed E-state index contributed by atoms with van der Waals surface area (Å²) in [5, 5.41) is 19.2. The van der Waals surface area contributed by atoms with E-state index in [-0.39, 0.29) is 12.2 Å². The highest BCUT2D eigenvalue weighted by Gasteiger charge is 2.22. The van der Waals surface area contributed by atoms with E-state index in [0.717, 1.165) is 0 Å². The summed E-state index contributed by atoms with van der Waals surface area (Å²) >= 11 is 3.76. The number of rotatable bonds is 6. The van der Waals surface area contributed by atoms with Gasteiger partial charge in [0.25, 0.3) is 0 Å². The Hall–Kier alpha value is -1.24. The Morgan fingerprint density at radius 1 is 1.33 bits per heavy atom. The lowest BCUT2D eigenvalue weighted by Gasteiger charge is -2.14. The number of carboxylic acid groups (broad SMARTS) is 2. The number of amides is 1. The second-order valence-corrected chi connectivity index (χ2v) is 3.45. The first kappa shape index (κ1) is 13.8. The molecule has 0 saturated carbocycles. The molecule has 0 aliphatic carbocycles. The van der Waals surface area contributed by atoms with E-state index in [4.69, 9.17) is 10.2 Å². The number of hydrogen-bond acceptors (Lipinski definition) is 4. The Kier molecular flexibility index (Phi) is 5.76. The van der Waals surface area contributed by atoms with Gasteiger partial charge < -0.3 is 15.5 Å². The molecule has 0 rings (SSSR count). The van der Waals surface area contributed by atoms with Crippen LogP contribution >= 0.6 is 12.6 Å². The molecule has 15 heavy (non-hydrogen) atoms. The molecular formula is C8H13NO5S. The summed E-state index contributed by atoms with van der Waals surface area (Å²) in [6, 6.07) is -1.09. The predicted molar refractivity (Wildman–Crippen MR) is 54.8 cm³/mol. The largest absolute Gasteiger partial charge is 0.481 e. The molecular weight excluding hydrogens is 222 g/mol. The molecule has 2 atom stereocenters. The summed E-state index contributed by atoms with van der Waals surface area (Å²) in [4.78, 5) is 32.1. The molecule has 0 saturated heterocycles. The number of carbonyl (C=O) groups excluding carboxylic acids is 1. The normalized spacial score (nSPS) is 14.0. The molecule has 0 aliphatic heterocycles. The molecule has 0 heterocycles. The second kappa shape index (κ2) is 6.28. The maximum absolute atomic E-state index is 11.3. The van der Waals surface area contributed by atoms with E-state index < -0.39 is 29.8 Å². The number of thiol groups is 1. The lowest BCUT2D eigenvalue weighted by atomic mass is 10.1. The fourth-order valence-electron chi connectivity index (χ4n) is 0.854. The van der Waals surface area contributed by atoms with Crippen molar-refractivity contribution in [3.8, 4) is 0 Å². The SMILES string of the molecule is C[C@@H](CC(=O)O)C(=O)N[C@@H](CS)C(=O)O. The predicted octanol–water partition coefficient (Wildman–Crippen LogP) is -0.404. The highest BCUT2D eigenvalue weighted by molar-refractivity contribution is 7.80. The van der Waals surface area contributed by atoms with Gasteiger partial charge in [-0.15, -0.1) is 0 Å². The minimum Gasteiger partial charge on any atom is -0.481 e. The Morgan fingerprint density at radius 2 is 1.87 bits per heavy atom. The van der Waals surface area contributed by atoms with Crippen molar-refractivity contribution in [1.29, 1.82) is 0 Å². The average molecular weight is 235 g/mol. The molecule has 3 N–H and O–H groups in total. The van der Waals surface area contributed by atoms with Gasteiger partial charge in [0.15, 0.2) is 0 Å². The summed E-state index contributed by atoms with van der Waals surface area (Å²) in [7, 11) is 0. The zero-order valence-electron chi connectivity index (χ0n) is 8.14. The maximum atomic E-state index is 11.3. The van der Waals surface area contributed by atoms with Crippen LogP contribution in [0.15, 0.2) is 0 Å². The topological polar surface area (TPSA) is 104 Å². The number of carboxylic acids is 2. The molecule has 0 radical (unpaired) electrons. The molecule has 0 fully saturated rings. The van der Waals surface area contributed by atoms with Gasteiger partial charge in [0.1, 0.15) is 6.04 Å². The number of hydrogen-bond donors (Lipinski definition) is 4. The van der Waals surface area contributed by atoms with E-state index in [1.807, 2.05) is 0 Å². The summed E-state index contributed by atoms with van der Waals surface area (Å²) in [5.41, 5.74) is 0. The third-order valence-electron chi connectivity index (χ3n) is 1.73. The quantitative estimate of drug-likeness (QED) is 0.469. The molecule has 0 spiro atoms. The van der Waals surface area contributed by atoms with Gasteiger partial charge in [-0.2, -0.15) is 12.6 Å². The van der Waals surface area contributed by atoms with E-state index in [0.29, 0.717) is 0 Å². The molecule has 0 bridgehead atoms. The molecule has 7 heteroatoms. The van der Waals surface area contributed by atoms with Crippen molar-refractivity contribution in [3.63, 3.8) is 0 Å². The first-order valence-corrected chi connectivity index (χ1v) is 4.87. The van der Waals surface area contributed by atoms with Crippen molar-refractivity contribution in [2.45, 2.75) is 19.4 Å². The van der Waals surface area contributed by atoms with E-state index in [1.165, 1.54) is 6.92 Å². The van der Waals surface area contributed by atoms with Gasteiger partial charge in [0.05, 0.1) is 6.42 Å². The van der Waals surface area contributed by atoms with Gasteiger partial charge in [-0.05, 0) is 0 Å². The van der Waals surface area contributed by atoms with Gasteiger partial charge in [-0.3, -0.25) is 9.59 Å². The standard InChI is InChI=1S/C8H13NO5S/c1-4(2-6(10)11)7(12)9-5(3-15)8(13)14/h4-5,15H,2-3H2,1H3,(H,9,12)(H,10,11)(H,13,14)/t4-,5-/m0/s1. The van der Waals surface area contributed by atoms with Crippen molar-refractivity contribution < 1.29 is 24.6 Å². The molecule has 0 unspecified atom stereocenters. The summed E-state index contributed by atoms with van der Waals surface area (Å²) in [5.74, 6) is -3.69. The Bertz CT molecular complexity index is 268. The maximum Gasteiger partial charge on any atom is 0.327 e. The molecule has 6 nitrogen and oxygen atoms in total. The Balaban J connectivity index is 4.21. The third-order valence-corrected chi connectivity index (χ3v) is 2.09. The summed E-state index contributed by atoms with van der Waals surface area (Å²) in [6.07, 6.45) is -0.329. The monoisotopic (exact) mass is 235 g/mol. The van der Waals surface area contributed by atoms with Crippen molar-refractivity contribution >= 4 is 30.5 Å². The van der Waals surface area contributed by atoms with Gasteiger partial charge in [0.2, 0.25) is 5.91 Å². The molecule has 1 amide bonds. The third kappa shape index (κ3) is 5.26. The van der Waals surface area contributed by atoms with E-state index >= 15 is 0 Å². The highest BCUT2D eigenvalue weighted by Crippen LogP contribution is 2.02. The zero-order valence-corrected chi connectivity index (χ0v) is 9.03. The van der Waals surface area contributed by atoms with Gasteiger partial charge in [0, 0.05) is 11.7 Å². The van der Waals surface area contributed by atoms with Crippen molar-refractivity contribution in [1.82, 2.24) is 5.32 Å². The van der Waals surface area contributed by atoms with Crippen LogP contribution in [-0.2, 0) is 14.4 Å². The number of nitrogens with one attached hydrogen (secondary N) is 1. The minimum absolute atomic E-state index is 0.0408. The van der Waals surface area contributed by atoms with Crippen molar-refractivity contribution in [2.75, 3.05) is 5.75 Å². The molecule has 0 aliphatic rings. The number of carbonyl (C=O) groups is 3. The Labute approximate surface area is 92.1 Å². The van der Waals surface area contributed by atoms with Gasteiger partial charge in [-0.1, -0.05) is 6.92 Å². The van der Waals surface area contributed by atoms with E-state index in [1.54, 1.807) is 0 Å². The van der Waals surface area contributed by atoms with Crippen LogP contribution in [0, 0.1) is 5.92 Å². The molecule has 0 aromatic carbocycles. The van der Waals surface area contributed by atoms with Gasteiger partial charge >= 0.3 is 11.9 Å². The van der Waals surface area contributed by atoms with Crippen LogP contribution in [-0.4, -0.2) is 39.9 Å².